The normalized spacial score (nSPS) is 12.1. The average Bonchev–Trinajstić information content (AvgIpc) is 2.13. The van der Waals surface area contributed by atoms with Gasteiger partial charge in [0.2, 0.25) is 0 Å². The van der Waals surface area contributed by atoms with E-state index in [1.165, 1.54) is 12.1 Å². The predicted molar refractivity (Wildman–Crippen MR) is 56.9 cm³/mol. The lowest BCUT2D eigenvalue weighted by atomic mass is 9.95. The molecule has 0 saturated heterocycles. The minimum absolute atomic E-state index is 0.281. The van der Waals surface area contributed by atoms with Crippen molar-refractivity contribution < 1.29 is 27.0 Å². The summed E-state index contributed by atoms with van der Waals surface area (Å²) in [5, 5.41) is 0. The zero-order chi connectivity index (χ0) is 13.9. The number of hydrogen-bond acceptors (Lipinski definition) is 3. The molecule has 0 spiro atoms. The summed E-state index contributed by atoms with van der Waals surface area (Å²) in [4.78, 5) is 0. The molecular weight excluding hydrogens is 254 g/mol. The summed E-state index contributed by atoms with van der Waals surface area (Å²) in [5.41, 5.74) is 5.21. The second kappa shape index (κ2) is 5.43. The van der Waals surface area contributed by atoms with E-state index in [4.69, 9.17) is 5.73 Å². The minimum Gasteiger partial charge on any atom is -0.435 e. The first-order chi connectivity index (χ1) is 8.18. The molecule has 0 saturated carbocycles. The zero-order valence-corrected chi connectivity index (χ0v) is 9.79. The number of nitrogens with two attached hydrogens (primary N) is 1. The molecule has 2 N–H and O–H groups in total. The first-order valence-corrected chi connectivity index (χ1v) is 5.02. The van der Waals surface area contributed by atoms with Crippen molar-refractivity contribution in [2.24, 2.45) is 5.73 Å². The fourth-order valence-corrected chi connectivity index (χ4v) is 1.29. The van der Waals surface area contributed by atoms with E-state index in [2.05, 4.69) is 9.47 Å². The second-order valence-corrected chi connectivity index (χ2v) is 4.17. The maximum atomic E-state index is 12.1. The molecule has 0 aliphatic rings. The highest BCUT2D eigenvalue weighted by molar-refractivity contribution is 5.41. The summed E-state index contributed by atoms with van der Waals surface area (Å²) in [6, 6.07) is 3.46. The average molecular weight is 267 g/mol. The van der Waals surface area contributed by atoms with Gasteiger partial charge < -0.3 is 15.2 Å². The van der Waals surface area contributed by atoms with Crippen LogP contribution in [0.1, 0.15) is 19.4 Å². The van der Waals surface area contributed by atoms with Gasteiger partial charge in [-0.05, 0) is 31.5 Å². The van der Waals surface area contributed by atoms with Gasteiger partial charge >= 0.3 is 13.2 Å². The molecule has 0 aromatic heterocycles. The van der Waals surface area contributed by atoms with Crippen molar-refractivity contribution in [2.75, 3.05) is 0 Å². The van der Waals surface area contributed by atoms with Gasteiger partial charge in [0, 0.05) is 11.6 Å². The van der Waals surface area contributed by atoms with E-state index in [1.807, 2.05) is 0 Å². The largest absolute Gasteiger partial charge is 0.435 e. The Kier molecular flexibility index (Phi) is 4.39. The smallest absolute Gasteiger partial charge is 0.387 e. The Labute approximate surface area is 101 Å². The van der Waals surface area contributed by atoms with Crippen molar-refractivity contribution in [2.45, 2.75) is 32.6 Å². The quantitative estimate of drug-likeness (QED) is 0.834. The molecule has 102 valence electrons. The topological polar surface area (TPSA) is 44.5 Å². The van der Waals surface area contributed by atoms with E-state index in [0.29, 0.717) is 5.56 Å². The van der Waals surface area contributed by atoms with Gasteiger partial charge in [0.1, 0.15) is 11.5 Å². The Hall–Kier alpha value is -1.50. The third-order valence-corrected chi connectivity index (χ3v) is 2.07. The molecule has 0 heterocycles. The van der Waals surface area contributed by atoms with E-state index in [0.717, 1.165) is 6.07 Å². The van der Waals surface area contributed by atoms with E-state index >= 15 is 0 Å². The molecule has 0 amide bonds. The van der Waals surface area contributed by atoms with Gasteiger partial charge in [-0.1, -0.05) is 0 Å². The Balaban J connectivity index is 3.11. The molecule has 1 aromatic rings. The summed E-state index contributed by atoms with van der Waals surface area (Å²) < 4.78 is 56.7. The van der Waals surface area contributed by atoms with Crippen LogP contribution in [0.15, 0.2) is 18.2 Å². The predicted octanol–water partition coefficient (Wildman–Crippen LogP) is 3.08. The highest BCUT2D eigenvalue weighted by atomic mass is 19.3. The summed E-state index contributed by atoms with van der Waals surface area (Å²) in [6.07, 6.45) is 0. The number of hydrogen-bond donors (Lipinski definition) is 1. The van der Waals surface area contributed by atoms with Crippen molar-refractivity contribution in [3.05, 3.63) is 23.8 Å². The van der Waals surface area contributed by atoms with E-state index < -0.39 is 18.8 Å². The van der Waals surface area contributed by atoms with Crippen molar-refractivity contribution >= 4 is 0 Å². The summed E-state index contributed by atoms with van der Waals surface area (Å²) in [6.45, 7) is -2.91. The fraction of sp³-hybridized carbons (Fsp3) is 0.455. The third kappa shape index (κ3) is 4.40. The van der Waals surface area contributed by atoms with Gasteiger partial charge in [-0.15, -0.1) is 0 Å². The first-order valence-electron chi connectivity index (χ1n) is 5.02. The molecule has 0 radical (unpaired) electrons. The van der Waals surface area contributed by atoms with Gasteiger partial charge in [0.05, 0.1) is 0 Å². The van der Waals surface area contributed by atoms with Crippen LogP contribution >= 0.6 is 0 Å². The molecule has 18 heavy (non-hydrogen) atoms. The lowest BCUT2D eigenvalue weighted by Gasteiger charge is -2.21. The summed E-state index contributed by atoms with van der Waals surface area (Å²) >= 11 is 0. The van der Waals surface area contributed by atoms with Crippen molar-refractivity contribution in [1.82, 2.24) is 0 Å². The van der Waals surface area contributed by atoms with Crippen LogP contribution in [0.5, 0.6) is 11.5 Å². The van der Waals surface area contributed by atoms with Gasteiger partial charge in [-0.2, -0.15) is 17.6 Å². The van der Waals surface area contributed by atoms with E-state index in [9.17, 15) is 17.6 Å². The second-order valence-electron chi connectivity index (χ2n) is 4.17. The number of alkyl halides is 4. The first kappa shape index (κ1) is 14.6. The maximum absolute atomic E-state index is 12.1. The van der Waals surface area contributed by atoms with Crippen LogP contribution in [0.25, 0.3) is 0 Å². The SMILES string of the molecule is CC(C)(N)c1cc(OC(F)F)cc(OC(F)F)c1. The van der Waals surface area contributed by atoms with Crippen LogP contribution in [-0.4, -0.2) is 13.2 Å². The molecule has 0 fully saturated rings. The molecule has 7 heteroatoms. The van der Waals surface area contributed by atoms with Gasteiger partial charge in [0.15, 0.2) is 0 Å². The molecule has 0 aliphatic carbocycles. The van der Waals surface area contributed by atoms with Crippen LogP contribution in [0.2, 0.25) is 0 Å². The molecular formula is C11H13F4NO2. The Morgan fingerprint density at radius 1 is 0.944 bits per heavy atom. The highest BCUT2D eigenvalue weighted by Crippen LogP contribution is 2.30. The Morgan fingerprint density at radius 3 is 1.61 bits per heavy atom. The fourth-order valence-electron chi connectivity index (χ4n) is 1.29. The highest BCUT2D eigenvalue weighted by Gasteiger charge is 2.19. The van der Waals surface area contributed by atoms with E-state index in [1.54, 1.807) is 13.8 Å². The summed E-state index contributed by atoms with van der Waals surface area (Å²) in [5.74, 6) is -0.562. The van der Waals surface area contributed by atoms with Gasteiger partial charge in [-0.3, -0.25) is 0 Å². The molecule has 1 aromatic carbocycles. The third-order valence-electron chi connectivity index (χ3n) is 2.07. The lowest BCUT2D eigenvalue weighted by Crippen LogP contribution is -2.28. The van der Waals surface area contributed by atoms with Crippen LogP contribution < -0.4 is 15.2 Å². The number of rotatable bonds is 5. The van der Waals surface area contributed by atoms with Gasteiger partial charge in [-0.25, -0.2) is 0 Å². The van der Waals surface area contributed by atoms with Crippen LogP contribution in [0.4, 0.5) is 17.6 Å². The van der Waals surface area contributed by atoms with Crippen molar-refractivity contribution in [1.29, 1.82) is 0 Å². The minimum atomic E-state index is -3.06. The van der Waals surface area contributed by atoms with Crippen LogP contribution in [-0.2, 0) is 5.54 Å². The number of benzene rings is 1. The van der Waals surface area contributed by atoms with Crippen molar-refractivity contribution in [3.63, 3.8) is 0 Å². The van der Waals surface area contributed by atoms with Gasteiger partial charge in [0.25, 0.3) is 0 Å². The number of ether oxygens (including phenoxy) is 2. The lowest BCUT2D eigenvalue weighted by molar-refractivity contribution is -0.0544. The monoisotopic (exact) mass is 267 g/mol. The molecule has 1 rings (SSSR count). The maximum Gasteiger partial charge on any atom is 0.387 e. The molecule has 0 unspecified atom stereocenters. The van der Waals surface area contributed by atoms with Crippen LogP contribution in [0.3, 0.4) is 0 Å². The Morgan fingerprint density at radius 2 is 1.33 bits per heavy atom. The van der Waals surface area contributed by atoms with E-state index in [-0.39, 0.29) is 11.5 Å². The molecule has 0 aliphatic heterocycles. The number of halogens is 4. The molecule has 0 bridgehead atoms. The van der Waals surface area contributed by atoms with Crippen molar-refractivity contribution in [3.8, 4) is 11.5 Å². The zero-order valence-electron chi connectivity index (χ0n) is 9.79. The molecule has 0 atom stereocenters. The Bertz CT molecular complexity index is 376. The molecule has 3 nitrogen and oxygen atoms in total. The van der Waals surface area contributed by atoms with Crippen LogP contribution in [0, 0.1) is 0 Å². The standard InChI is InChI=1S/C11H13F4NO2/c1-11(2,16)6-3-7(17-9(12)13)5-8(4-6)18-10(14)15/h3-5,9-10H,16H2,1-2H3. The summed E-state index contributed by atoms with van der Waals surface area (Å²) in [7, 11) is 0.